The van der Waals surface area contributed by atoms with E-state index in [0.717, 1.165) is 18.6 Å². The molecule has 0 bridgehead atoms. The van der Waals surface area contributed by atoms with Crippen molar-refractivity contribution in [2.24, 2.45) is 0 Å². The number of hydrogen-bond donors (Lipinski definition) is 1. The largest absolute Gasteiger partial charge is 0.341 e. The van der Waals surface area contributed by atoms with Gasteiger partial charge in [0, 0.05) is 30.0 Å². The van der Waals surface area contributed by atoms with Crippen LogP contribution in [0.2, 0.25) is 0 Å². The van der Waals surface area contributed by atoms with Crippen LogP contribution in [0.3, 0.4) is 0 Å². The molecule has 0 spiro atoms. The Morgan fingerprint density at radius 3 is 2.76 bits per heavy atom. The van der Waals surface area contributed by atoms with Crippen molar-refractivity contribution in [3.63, 3.8) is 0 Å². The molecule has 1 saturated heterocycles. The Labute approximate surface area is 131 Å². The lowest BCUT2D eigenvalue weighted by atomic mass is 10.3. The van der Waals surface area contributed by atoms with E-state index in [1.807, 2.05) is 0 Å². The van der Waals surface area contributed by atoms with Crippen LogP contribution in [0, 0.1) is 5.82 Å². The molecule has 0 saturated carbocycles. The fourth-order valence-electron chi connectivity index (χ4n) is 2.29. The SMILES string of the molecule is CC(CN1CCCC1=O)NS(=O)(=O)c1ccc(F)cc1Br. The van der Waals surface area contributed by atoms with Crippen molar-refractivity contribution in [3.05, 3.63) is 28.5 Å². The first-order chi connectivity index (χ1) is 9.79. The van der Waals surface area contributed by atoms with Crippen LogP contribution < -0.4 is 4.72 Å². The minimum atomic E-state index is -3.77. The normalized spacial score (nSPS) is 17.3. The van der Waals surface area contributed by atoms with E-state index in [-0.39, 0.29) is 15.3 Å². The van der Waals surface area contributed by atoms with Crippen molar-refractivity contribution >= 4 is 31.9 Å². The summed E-state index contributed by atoms with van der Waals surface area (Å²) in [7, 11) is -3.77. The highest BCUT2D eigenvalue weighted by Crippen LogP contribution is 2.23. The Hall–Kier alpha value is -0.990. The number of rotatable bonds is 5. The van der Waals surface area contributed by atoms with Gasteiger partial charge in [-0.2, -0.15) is 0 Å². The van der Waals surface area contributed by atoms with Gasteiger partial charge >= 0.3 is 0 Å². The minimum absolute atomic E-state index is 0.0245. The maximum Gasteiger partial charge on any atom is 0.241 e. The number of carbonyl (C=O) groups is 1. The van der Waals surface area contributed by atoms with Gasteiger partial charge in [0.1, 0.15) is 5.82 Å². The van der Waals surface area contributed by atoms with Gasteiger partial charge in [-0.25, -0.2) is 17.5 Å². The molecule has 0 aliphatic carbocycles. The number of sulfonamides is 1. The molecule has 1 unspecified atom stereocenters. The Morgan fingerprint density at radius 2 is 2.19 bits per heavy atom. The number of carbonyl (C=O) groups excluding carboxylic acids is 1. The van der Waals surface area contributed by atoms with Gasteiger partial charge in [0.15, 0.2) is 0 Å². The van der Waals surface area contributed by atoms with Crippen LogP contribution in [0.25, 0.3) is 0 Å². The van der Waals surface area contributed by atoms with Gasteiger partial charge in [0.25, 0.3) is 0 Å². The van der Waals surface area contributed by atoms with E-state index in [1.54, 1.807) is 11.8 Å². The zero-order valence-corrected chi connectivity index (χ0v) is 13.9. The first-order valence-electron chi connectivity index (χ1n) is 6.55. The molecule has 1 aliphatic rings. The Bertz CT molecular complexity index is 651. The molecule has 21 heavy (non-hydrogen) atoms. The second kappa shape index (κ2) is 6.41. The summed E-state index contributed by atoms with van der Waals surface area (Å²) in [6.45, 7) is 2.68. The van der Waals surface area contributed by atoms with Gasteiger partial charge in [-0.05, 0) is 47.5 Å². The van der Waals surface area contributed by atoms with Gasteiger partial charge in [-0.3, -0.25) is 4.79 Å². The highest BCUT2D eigenvalue weighted by Gasteiger charge is 2.25. The fourth-order valence-corrected chi connectivity index (χ4v) is 4.57. The zero-order chi connectivity index (χ0) is 15.6. The Morgan fingerprint density at radius 1 is 1.48 bits per heavy atom. The molecular formula is C13H16BrFN2O3S. The molecule has 1 atom stereocenters. The predicted molar refractivity (Wildman–Crippen MR) is 79.7 cm³/mol. The van der Waals surface area contributed by atoms with Gasteiger partial charge in [0.2, 0.25) is 15.9 Å². The van der Waals surface area contributed by atoms with E-state index in [4.69, 9.17) is 0 Å². The molecule has 2 rings (SSSR count). The quantitative estimate of drug-likeness (QED) is 0.850. The predicted octanol–water partition coefficient (Wildman–Crippen LogP) is 1.88. The van der Waals surface area contributed by atoms with Gasteiger partial charge < -0.3 is 4.90 Å². The molecule has 1 aliphatic heterocycles. The first-order valence-corrected chi connectivity index (χ1v) is 8.82. The zero-order valence-electron chi connectivity index (χ0n) is 11.5. The number of nitrogens with one attached hydrogen (secondary N) is 1. The molecule has 1 aromatic carbocycles. The van der Waals surface area contributed by atoms with Crippen LogP contribution in [0.4, 0.5) is 4.39 Å². The average molecular weight is 379 g/mol. The number of likely N-dealkylation sites (tertiary alicyclic amines) is 1. The molecular weight excluding hydrogens is 363 g/mol. The monoisotopic (exact) mass is 378 g/mol. The van der Waals surface area contributed by atoms with Crippen LogP contribution in [0.1, 0.15) is 19.8 Å². The summed E-state index contributed by atoms with van der Waals surface area (Å²) in [6, 6.07) is 2.97. The number of nitrogens with zero attached hydrogens (tertiary/aromatic N) is 1. The summed E-state index contributed by atoms with van der Waals surface area (Å²) in [6.07, 6.45) is 1.32. The highest BCUT2D eigenvalue weighted by molar-refractivity contribution is 9.10. The van der Waals surface area contributed by atoms with Crippen molar-refractivity contribution in [2.45, 2.75) is 30.7 Å². The van der Waals surface area contributed by atoms with Crippen LogP contribution >= 0.6 is 15.9 Å². The maximum atomic E-state index is 13.0. The molecule has 0 aromatic heterocycles. The van der Waals surface area contributed by atoms with Crippen molar-refractivity contribution in [1.29, 1.82) is 0 Å². The first kappa shape index (κ1) is 16.4. The molecule has 1 fully saturated rings. The summed E-state index contributed by atoms with van der Waals surface area (Å²) < 4.78 is 40.2. The molecule has 1 heterocycles. The minimum Gasteiger partial charge on any atom is -0.341 e. The number of amides is 1. The third-order valence-corrected chi connectivity index (χ3v) is 5.77. The Balaban J connectivity index is 2.08. The molecule has 1 aromatic rings. The molecule has 0 radical (unpaired) electrons. The van der Waals surface area contributed by atoms with Crippen LogP contribution in [0.15, 0.2) is 27.6 Å². The summed E-state index contributed by atoms with van der Waals surface area (Å²) in [5, 5.41) is 0. The van der Waals surface area contributed by atoms with Gasteiger partial charge in [-0.1, -0.05) is 0 Å². The number of hydrogen-bond acceptors (Lipinski definition) is 3. The van der Waals surface area contributed by atoms with Crippen molar-refractivity contribution in [2.75, 3.05) is 13.1 Å². The van der Waals surface area contributed by atoms with E-state index in [2.05, 4.69) is 20.7 Å². The lowest BCUT2D eigenvalue weighted by Crippen LogP contribution is -2.42. The summed E-state index contributed by atoms with van der Waals surface area (Å²) in [4.78, 5) is 13.2. The summed E-state index contributed by atoms with van der Waals surface area (Å²) in [5.74, 6) is -0.472. The molecule has 5 nitrogen and oxygen atoms in total. The van der Waals surface area contributed by atoms with Gasteiger partial charge in [-0.15, -0.1) is 0 Å². The standard InChI is InChI=1S/C13H16BrFN2O3S/c1-9(8-17-6-2-3-13(17)18)16-21(19,20)12-5-4-10(15)7-11(12)14/h4-5,7,9,16H,2-3,6,8H2,1H3. The average Bonchev–Trinajstić information content (AvgIpc) is 2.73. The topological polar surface area (TPSA) is 66.5 Å². The lowest BCUT2D eigenvalue weighted by molar-refractivity contribution is -0.127. The molecule has 8 heteroatoms. The van der Waals surface area contributed by atoms with Crippen LogP contribution in [0.5, 0.6) is 0 Å². The third-order valence-electron chi connectivity index (χ3n) is 3.21. The van der Waals surface area contributed by atoms with Crippen LogP contribution in [-0.4, -0.2) is 38.4 Å². The number of benzene rings is 1. The second-order valence-corrected chi connectivity index (χ2v) is 7.58. The maximum absolute atomic E-state index is 13.0. The van der Waals surface area contributed by atoms with E-state index in [0.29, 0.717) is 19.5 Å². The van der Waals surface area contributed by atoms with E-state index < -0.39 is 21.9 Å². The smallest absolute Gasteiger partial charge is 0.241 e. The van der Waals surface area contributed by atoms with E-state index >= 15 is 0 Å². The third kappa shape index (κ3) is 4.02. The van der Waals surface area contributed by atoms with Crippen LogP contribution in [-0.2, 0) is 14.8 Å². The molecule has 116 valence electrons. The summed E-state index contributed by atoms with van der Waals surface area (Å²) >= 11 is 3.05. The highest BCUT2D eigenvalue weighted by atomic mass is 79.9. The fraction of sp³-hybridized carbons (Fsp3) is 0.462. The van der Waals surface area contributed by atoms with Crippen molar-refractivity contribution in [1.82, 2.24) is 9.62 Å². The summed E-state index contributed by atoms with van der Waals surface area (Å²) in [5.41, 5.74) is 0. The van der Waals surface area contributed by atoms with Crippen molar-refractivity contribution in [3.8, 4) is 0 Å². The second-order valence-electron chi connectivity index (χ2n) is 5.04. The van der Waals surface area contributed by atoms with E-state index in [1.165, 1.54) is 6.07 Å². The molecule has 1 amide bonds. The van der Waals surface area contributed by atoms with Crippen molar-refractivity contribution < 1.29 is 17.6 Å². The van der Waals surface area contributed by atoms with E-state index in [9.17, 15) is 17.6 Å². The number of halogens is 2. The lowest BCUT2D eigenvalue weighted by Gasteiger charge is -2.21. The molecule has 1 N–H and O–H groups in total. The Kier molecular flexibility index (Phi) is 5.00. The van der Waals surface area contributed by atoms with Gasteiger partial charge in [0.05, 0.1) is 4.90 Å².